The van der Waals surface area contributed by atoms with E-state index in [2.05, 4.69) is 39.4 Å². The Labute approximate surface area is 114 Å². The molecule has 0 bridgehead atoms. The summed E-state index contributed by atoms with van der Waals surface area (Å²) in [5.74, 6) is 0.797. The molecule has 2 rings (SSSR count). The molecule has 1 aromatic carbocycles. The lowest BCUT2D eigenvalue weighted by molar-refractivity contribution is 0.529. The minimum absolute atomic E-state index is 0.479. The first-order valence-electron chi connectivity index (χ1n) is 5.99. The number of hydrogen-bond acceptors (Lipinski definition) is 2. The lowest BCUT2D eigenvalue weighted by Gasteiger charge is -2.13. The molecule has 2 nitrogen and oxygen atoms in total. The molecule has 1 N–H and O–H groups in total. The fourth-order valence-electron chi connectivity index (χ4n) is 2.37. The summed E-state index contributed by atoms with van der Waals surface area (Å²) in [6.45, 7) is 0.955. The van der Waals surface area contributed by atoms with Crippen molar-refractivity contribution in [2.75, 3.05) is 18.6 Å². The Morgan fingerprint density at radius 1 is 1.53 bits per heavy atom. The maximum absolute atomic E-state index is 11.0. The molecule has 17 heavy (non-hydrogen) atoms. The molecule has 0 aliphatic heterocycles. The molecule has 0 amide bonds. The number of halogens is 1. The van der Waals surface area contributed by atoms with Crippen molar-refractivity contribution < 1.29 is 4.21 Å². The van der Waals surface area contributed by atoms with Crippen LogP contribution in [0.25, 0.3) is 0 Å². The third kappa shape index (κ3) is 3.39. The van der Waals surface area contributed by atoms with Gasteiger partial charge in [0.25, 0.3) is 0 Å². The first-order chi connectivity index (χ1) is 8.18. The first kappa shape index (κ1) is 13.2. The molecule has 1 aliphatic carbocycles. The van der Waals surface area contributed by atoms with E-state index in [1.165, 1.54) is 22.0 Å². The average Bonchev–Trinajstić information content (AvgIpc) is 2.69. The molecular formula is C13H18BrNOS. The number of rotatable bonds is 5. The SMILES string of the molecule is CS(=O)CCCNC1CCc2c(Br)cccc21. The van der Waals surface area contributed by atoms with Gasteiger partial charge in [0.15, 0.2) is 0 Å². The van der Waals surface area contributed by atoms with Crippen molar-refractivity contribution in [3.8, 4) is 0 Å². The Kier molecular flexibility index (Phi) is 4.77. The molecule has 0 saturated heterocycles. The highest BCUT2D eigenvalue weighted by molar-refractivity contribution is 9.10. The first-order valence-corrected chi connectivity index (χ1v) is 8.51. The minimum atomic E-state index is -0.665. The molecule has 2 unspecified atom stereocenters. The molecule has 0 fully saturated rings. The van der Waals surface area contributed by atoms with E-state index in [4.69, 9.17) is 0 Å². The van der Waals surface area contributed by atoms with Gasteiger partial charge in [-0.25, -0.2) is 0 Å². The Hall–Kier alpha value is -0.190. The molecule has 94 valence electrons. The molecule has 1 aliphatic rings. The summed E-state index contributed by atoms with van der Waals surface area (Å²) in [5.41, 5.74) is 2.88. The van der Waals surface area contributed by atoms with Crippen molar-refractivity contribution in [3.05, 3.63) is 33.8 Å². The van der Waals surface area contributed by atoms with Crippen molar-refractivity contribution in [1.82, 2.24) is 5.32 Å². The summed E-state index contributed by atoms with van der Waals surface area (Å²) in [4.78, 5) is 0. The van der Waals surface area contributed by atoms with Crippen LogP contribution in [0, 0.1) is 0 Å². The second-order valence-electron chi connectivity index (χ2n) is 4.48. The quantitative estimate of drug-likeness (QED) is 0.847. The summed E-state index contributed by atoms with van der Waals surface area (Å²) in [6, 6.07) is 6.90. The van der Waals surface area contributed by atoms with Gasteiger partial charge in [-0.3, -0.25) is 4.21 Å². The van der Waals surface area contributed by atoms with Gasteiger partial charge in [-0.2, -0.15) is 0 Å². The van der Waals surface area contributed by atoms with E-state index < -0.39 is 10.8 Å². The zero-order valence-corrected chi connectivity index (χ0v) is 12.4. The summed E-state index contributed by atoms with van der Waals surface area (Å²) < 4.78 is 12.2. The molecular weight excluding hydrogens is 298 g/mol. The van der Waals surface area contributed by atoms with Crippen LogP contribution in [0.2, 0.25) is 0 Å². The Morgan fingerprint density at radius 2 is 2.35 bits per heavy atom. The van der Waals surface area contributed by atoms with Crippen LogP contribution in [0.15, 0.2) is 22.7 Å². The van der Waals surface area contributed by atoms with Gasteiger partial charge in [0.2, 0.25) is 0 Å². The lowest BCUT2D eigenvalue weighted by atomic mass is 10.1. The van der Waals surface area contributed by atoms with E-state index in [1.54, 1.807) is 6.26 Å². The highest BCUT2D eigenvalue weighted by atomic mass is 79.9. The zero-order valence-electron chi connectivity index (χ0n) is 10.0. The highest BCUT2D eigenvalue weighted by Crippen LogP contribution is 2.35. The molecule has 2 atom stereocenters. The molecule has 4 heteroatoms. The maximum Gasteiger partial charge on any atom is 0.0326 e. The van der Waals surface area contributed by atoms with Crippen molar-refractivity contribution in [1.29, 1.82) is 0 Å². The van der Waals surface area contributed by atoms with Gasteiger partial charge in [-0.15, -0.1) is 0 Å². The van der Waals surface area contributed by atoms with Crippen LogP contribution in [0.1, 0.15) is 30.0 Å². The number of benzene rings is 1. The van der Waals surface area contributed by atoms with Gasteiger partial charge < -0.3 is 5.32 Å². The lowest BCUT2D eigenvalue weighted by Crippen LogP contribution is -2.21. The summed E-state index contributed by atoms with van der Waals surface area (Å²) in [5, 5.41) is 3.57. The van der Waals surface area contributed by atoms with Crippen LogP contribution >= 0.6 is 15.9 Å². The maximum atomic E-state index is 11.0. The number of fused-ring (bicyclic) bond motifs is 1. The number of hydrogen-bond donors (Lipinski definition) is 1. The smallest absolute Gasteiger partial charge is 0.0326 e. The summed E-state index contributed by atoms with van der Waals surface area (Å²) in [6.07, 6.45) is 5.08. The molecule has 0 spiro atoms. The molecule has 0 saturated carbocycles. The monoisotopic (exact) mass is 315 g/mol. The van der Waals surface area contributed by atoms with E-state index in [0.717, 1.165) is 25.1 Å². The van der Waals surface area contributed by atoms with Crippen molar-refractivity contribution >= 4 is 26.7 Å². The number of nitrogens with one attached hydrogen (secondary N) is 1. The minimum Gasteiger partial charge on any atom is -0.310 e. The Bertz CT molecular complexity index is 422. The average molecular weight is 316 g/mol. The van der Waals surface area contributed by atoms with Gasteiger partial charge in [-0.1, -0.05) is 28.1 Å². The molecule has 0 aromatic heterocycles. The van der Waals surface area contributed by atoms with Crippen LogP contribution in [-0.4, -0.2) is 22.8 Å². The third-order valence-electron chi connectivity index (χ3n) is 3.21. The third-order valence-corrected chi connectivity index (χ3v) is 4.82. The second-order valence-corrected chi connectivity index (χ2v) is 6.89. The predicted molar refractivity (Wildman–Crippen MR) is 76.8 cm³/mol. The normalized spacial score (nSPS) is 20.2. The van der Waals surface area contributed by atoms with Crippen LogP contribution in [-0.2, 0) is 17.2 Å². The van der Waals surface area contributed by atoms with E-state index in [-0.39, 0.29) is 0 Å². The summed E-state index contributed by atoms with van der Waals surface area (Å²) >= 11 is 3.61. The van der Waals surface area contributed by atoms with Gasteiger partial charge in [0.05, 0.1) is 0 Å². The van der Waals surface area contributed by atoms with Gasteiger partial charge in [-0.05, 0) is 43.0 Å². The fraction of sp³-hybridized carbons (Fsp3) is 0.538. The standard InChI is InChI=1S/C13H18BrNOS/c1-17(16)9-3-8-15-13-7-6-10-11(13)4-2-5-12(10)14/h2,4-5,13,15H,3,6-9H2,1H3. The Balaban J connectivity index is 1.89. The highest BCUT2D eigenvalue weighted by Gasteiger charge is 2.22. The van der Waals surface area contributed by atoms with Crippen molar-refractivity contribution in [2.24, 2.45) is 0 Å². The molecule has 0 radical (unpaired) electrons. The van der Waals surface area contributed by atoms with E-state index in [9.17, 15) is 4.21 Å². The topological polar surface area (TPSA) is 29.1 Å². The Morgan fingerprint density at radius 3 is 3.12 bits per heavy atom. The predicted octanol–water partition coefficient (Wildman–Crippen LogP) is 2.79. The fourth-order valence-corrected chi connectivity index (χ4v) is 3.50. The van der Waals surface area contributed by atoms with Gasteiger partial charge >= 0.3 is 0 Å². The van der Waals surface area contributed by atoms with Crippen LogP contribution in [0.5, 0.6) is 0 Å². The molecule has 1 aromatic rings. The zero-order chi connectivity index (χ0) is 12.3. The van der Waals surface area contributed by atoms with E-state index in [0.29, 0.717) is 6.04 Å². The van der Waals surface area contributed by atoms with Crippen molar-refractivity contribution in [3.63, 3.8) is 0 Å². The summed E-state index contributed by atoms with van der Waals surface area (Å²) in [7, 11) is -0.665. The van der Waals surface area contributed by atoms with Crippen LogP contribution in [0.3, 0.4) is 0 Å². The van der Waals surface area contributed by atoms with Crippen LogP contribution < -0.4 is 5.32 Å². The van der Waals surface area contributed by atoms with Gasteiger partial charge in [0.1, 0.15) is 0 Å². The van der Waals surface area contributed by atoms with E-state index in [1.807, 2.05) is 0 Å². The second kappa shape index (κ2) is 6.12. The van der Waals surface area contributed by atoms with E-state index >= 15 is 0 Å². The van der Waals surface area contributed by atoms with Crippen LogP contribution in [0.4, 0.5) is 0 Å². The largest absolute Gasteiger partial charge is 0.310 e. The van der Waals surface area contributed by atoms with Gasteiger partial charge in [0, 0.05) is 33.3 Å². The molecule has 0 heterocycles. The van der Waals surface area contributed by atoms with Crippen molar-refractivity contribution in [2.45, 2.75) is 25.3 Å².